The van der Waals surface area contributed by atoms with Gasteiger partial charge in [-0.3, -0.25) is 9.69 Å². The second-order valence-corrected chi connectivity index (χ2v) is 12.0. The molecule has 0 radical (unpaired) electrons. The van der Waals surface area contributed by atoms with Crippen LogP contribution in [0, 0.1) is 0 Å². The minimum absolute atomic E-state index is 0.104. The Morgan fingerprint density at radius 2 is 1.73 bits per heavy atom. The molecule has 1 amide bonds. The first-order valence-electron chi connectivity index (χ1n) is 14.3. The van der Waals surface area contributed by atoms with E-state index < -0.39 is 0 Å². The van der Waals surface area contributed by atoms with Crippen LogP contribution in [0.1, 0.15) is 53.6 Å². The van der Waals surface area contributed by atoms with Gasteiger partial charge in [0.15, 0.2) is 5.16 Å². The third kappa shape index (κ3) is 7.87. The molecule has 0 bridgehead atoms. The zero-order valence-corrected chi connectivity index (χ0v) is 24.8. The molecule has 210 valence electrons. The number of benzene rings is 2. The van der Waals surface area contributed by atoms with Gasteiger partial charge in [0.2, 0.25) is 0 Å². The Hall–Kier alpha value is -2.87. The Bertz CT molecular complexity index is 1270. The SMILES string of the molecule is CN(c1cc(Cl)nc(SCc2ccc(C(=O)N3CCN(CC=Cc4ccccc4)CC3)cc2)n1)C1CCCCC1. The van der Waals surface area contributed by atoms with Crippen LogP contribution < -0.4 is 4.90 Å². The number of piperazine rings is 1. The number of hydrogen-bond acceptors (Lipinski definition) is 6. The van der Waals surface area contributed by atoms with Crippen molar-refractivity contribution in [1.29, 1.82) is 0 Å². The van der Waals surface area contributed by atoms with Crippen LogP contribution in [0.15, 0.2) is 71.9 Å². The van der Waals surface area contributed by atoms with Crippen LogP contribution in [0.3, 0.4) is 0 Å². The molecule has 1 aliphatic heterocycles. The summed E-state index contributed by atoms with van der Waals surface area (Å²) in [7, 11) is 2.11. The normalized spacial score (nSPS) is 16.9. The molecule has 2 aromatic carbocycles. The summed E-state index contributed by atoms with van der Waals surface area (Å²) < 4.78 is 0. The number of carbonyl (C=O) groups excluding carboxylic acids is 1. The Balaban J connectivity index is 1.10. The molecule has 1 aliphatic carbocycles. The lowest BCUT2D eigenvalue weighted by Gasteiger charge is -2.34. The maximum atomic E-state index is 13.1. The Kier molecular flexibility index (Phi) is 10.1. The highest BCUT2D eigenvalue weighted by molar-refractivity contribution is 7.98. The van der Waals surface area contributed by atoms with Crippen molar-refractivity contribution in [2.45, 2.75) is 49.1 Å². The van der Waals surface area contributed by atoms with Gasteiger partial charge in [0.1, 0.15) is 11.0 Å². The van der Waals surface area contributed by atoms with Gasteiger partial charge in [-0.15, -0.1) is 0 Å². The van der Waals surface area contributed by atoms with Crippen molar-refractivity contribution in [3.05, 3.63) is 88.6 Å². The summed E-state index contributed by atoms with van der Waals surface area (Å²) in [5, 5.41) is 1.16. The number of hydrogen-bond donors (Lipinski definition) is 0. The summed E-state index contributed by atoms with van der Waals surface area (Å²) in [4.78, 5) is 29.0. The molecule has 1 saturated carbocycles. The van der Waals surface area contributed by atoms with Crippen molar-refractivity contribution in [1.82, 2.24) is 19.8 Å². The van der Waals surface area contributed by atoms with Crippen LogP contribution in [0.5, 0.6) is 0 Å². The van der Waals surface area contributed by atoms with Gasteiger partial charge >= 0.3 is 0 Å². The predicted octanol–water partition coefficient (Wildman–Crippen LogP) is 6.66. The highest BCUT2D eigenvalue weighted by Crippen LogP contribution is 2.29. The second kappa shape index (κ2) is 14.2. The third-order valence-electron chi connectivity index (χ3n) is 7.85. The average molecular weight is 576 g/mol. The van der Waals surface area contributed by atoms with E-state index in [1.807, 2.05) is 41.3 Å². The van der Waals surface area contributed by atoms with Gasteiger partial charge in [0.25, 0.3) is 5.91 Å². The van der Waals surface area contributed by atoms with Gasteiger partial charge in [-0.1, -0.05) is 97.2 Å². The number of thioether (sulfide) groups is 1. The summed E-state index contributed by atoms with van der Waals surface area (Å²) in [5.74, 6) is 1.71. The largest absolute Gasteiger partial charge is 0.357 e. The van der Waals surface area contributed by atoms with E-state index >= 15 is 0 Å². The summed E-state index contributed by atoms with van der Waals surface area (Å²) in [6.45, 7) is 4.17. The van der Waals surface area contributed by atoms with Gasteiger partial charge in [-0.25, -0.2) is 9.97 Å². The van der Waals surface area contributed by atoms with Gasteiger partial charge in [-0.05, 0) is 36.1 Å². The summed E-state index contributed by atoms with van der Waals surface area (Å²) in [5.41, 5.74) is 3.08. The van der Waals surface area contributed by atoms with Crippen molar-refractivity contribution in [2.24, 2.45) is 0 Å². The molecule has 6 nitrogen and oxygen atoms in total. The molecule has 0 spiro atoms. The van der Waals surface area contributed by atoms with Crippen LogP contribution in [0.4, 0.5) is 5.82 Å². The summed E-state index contributed by atoms with van der Waals surface area (Å²) >= 11 is 7.94. The molecule has 5 rings (SSSR count). The first-order valence-corrected chi connectivity index (χ1v) is 15.6. The molecule has 2 fully saturated rings. The van der Waals surface area contributed by atoms with Gasteiger partial charge in [-0.2, -0.15) is 0 Å². The van der Waals surface area contributed by atoms with Crippen molar-refractivity contribution in [2.75, 3.05) is 44.7 Å². The third-order valence-corrected chi connectivity index (χ3v) is 8.96. The molecular formula is C32H38ClN5OS. The average Bonchev–Trinajstić information content (AvgIpc) is 3.00. The van der Waals surface area contributed by atoms with Crippen LogP contribution in [-0.2, 0) is 5.75 Å². The predicted molar refractivity (Wildman–Crippen MR) is 166 cm³/mol. The molecule has 1 aromatic heterocycles. The Morgan fingerprint density at radius 3 is 2.45 bits per heavy atom. The van der Waals surface area contributed by atoms with E-state index in [1.165, 1.54) is 37.7 Å². The molecule has 0 N–H and O–H groups in total. The minimum Gasteiger partial charge on any atom is -0.357 e. The minimum atomic E-state index is 0.104. The molecule has 40 heavy (non-hydrogen) atoms. The van der Waals surface area contributed by atoms with E-state index in [0.29, 0.717) is 16.4 Å². The fourth-order valence-corrected chi connectivity index (χ4v) is 6.43. The number of carbonyl (C=O) groups is 1. The molecular weight excluding hydrogens is 538 g/mol. The lowest BCUT2D eigenvalue weighted by Crippen LogP contribution is -2.48. The smallest absolute Gasteiger partial charge is 0.253 e. The number of aromatic nitrogens is 2. The van der Waals surface area contributed by atoms with Crippen molar-refractivity contribution in [3.8, 4) is 0 Å². The molecule has 1 saturated heterocycles. The van der Waals surface area contributed by atoms with E-state index in [1.54, 1.807) is 11.8 Å². The maximum Gasteiger partial charge on any atom is 0.253 e. The molecule has 3 aromatic rings. The van der Waals surface area contributed by atoms with E-state index in [4.69, 9.17) is 16.6 Å². The fourth-order valence-electron chi connectivity index (χ4n) is 5.40. The van der Waals surface area contributed by atoms with Crippen molar-refractivity contribution < 1.29 is 4.79 Å². The Morgan fingerprint density at radius 1 is 1.00 bits per heavy atom. The van der Waals surface area contributed by atoms with E-state index in [-0.39, 0.29) is 5.91 Å². The number of nitrogens with zero attached hydrogens (tertiary/aromatic N) is 5. The number of halogens is 1. The van der Waals surface area contributed by atoms with Gasteiger partial charge in [0.05, 0.1) is 0 Å². The van der Waals surface area contributed by atoms with Crippen LogP contribution in [0.2, 0.25) is 5.15 Å². The first-order chi connectivity index (χ1) is 19.5. The molecule has 8 heteroatoms. The zero-order valence-electron chi connectivity index (χ0n) is 23.2. The van der Waals surface area contributed by atoms with Crippen LogP contribution in [0.25, 0.3) is 6.08 Å². The van der Waals surface area contributed by atoms with Crippen LogP contribution in [-0.4, -0.2) is 71.5 Å². The molecule has 2 aliphatic rings. The van der Waals surface area contributed by atoms with Gasteiger partial charge in [0, 0.05) is 63.2 Å². The number of amides is 1. The van der Waals surface area contributed by atoms with Crippen molar-refractivity contribution >= 4 is 41.2 Å². The topological polar surface area (TPSA) is 52.6 Å². The monoisotopic (exact) mass is 575 g/mol. The lowest BCUT2D eigenvalue weighted by atomic mass is 9.94. The standard InChI is InChI=1S/C32H38ClN5OS/c1-36(28-12-6-3-7-13-28)30-23-29(33)34-32(35-30)40-24-26-14-16-27(17-15-26)31(39)38-21-19-37(20-22-38)18-8-11-25-9-4-2-5-10-25/h2,4-5,8-11,14-17,23,28H,3,6-7,12-13,18-22,24H2,1H3. The molecule has 2 heterocycles. The summed E-state index contributed by atoms with van der Waals surface area (Å²) in [6.07, 6.45) is 10.6. The highest BCUT2D eigenvalue weighted by Gasteiger charge is 2.22. The summed E-state index contributed by atoms with van der Waals surface area (Å²) in [6, 6.07) is 20.7. The highest BCUT2D eigenvalue weighted by atomic mass is 35.5. The lowest BCUT2D eigenvalue weighted by molar-refractivity contribution is 0.0650. The Labute approximate surface area is 247 Å². The molecule has 0 atom stereocenters. The van der Waals surface area contributed by atoms with Crippen LogP contribution >= 0.6 is 23.4 Å². The first kappa shape index (κ1) is 28.7. The quantitative estimate of drug-likeness (QED) is 0.161. The van der Waals surface area contributed by atoms with Gasteiger partial charge < -0.3 is 9.80 Å². The number of anilines is 1. The van der Waals surface area contributed by atoms with E-state index in [0.717, 1.165) is 55.4 Å². The van der Waals surface area contributed by atoms with E-state index in [2.05, 4.69) is 58.2 Å². The molecule has 0 unspecified atom stereocenters. The number of rotatable bonds is 9. The maximum absolute atomic E-state index is 13.1. The van der Waals surface area contributed by atoms with Crippen molar-refractivity contribution in [3.63, 3.8) is 0 Å². The fraction of sp³-hybridized carbons (Fsp3) is 0.406. The zero-order chi connectivity index (χ0) is 27.7. The van der Waals surface area contributed by atoms with E-state index in [9.17, 15) is 4.79 Å². The second-order valence-electron chi connectivity index (χ2n) is 10.6.